The highest BCUT2D eigenvalue weighted by Gasteiger charge is 2.33. The van der Waals surface area contributed by atoms with Gasteiger partial charge >= 0.3 is 0 Å². The van der Waals surface area contributed by atoms with Gasteiger partial charge < -0.3 is 9.47 Å². The van der Waals surface area contributed by atoms with E-state index in [1.165, 1.54) is 45.2 Å². The average Bonchev–Trinajstić information content (AvgIpc) is 2.76. The van der Waals surface area contributed by atoms with Gasteiger partial charge in [-0.2, -0.15) is 0 Å². The van der Waals surface area contributed by atoms with E-state index < -0.39 is 0 Å². The summed E-state index contributed by atoms with van der Waals surface area (Å²) in [6.07, 6.45) is 6.36. The molecule has 2 saturated heterocycles. The van der Waals surface area contributed by atoms with Crippen molar-refractivity contribution >= 4 is 11.0 Å². The molecule has 28 heavy (non-hydrogen) atoms. The molecule has 144 valence electrons. The van der Waals surface area contributed by atoms with Crippen LogP contribution in [0, 0.1) is 5.92 Å². The number of nitrogens with zero attached hydrogens (tertiary/aromatic N) is 3. The van der Waals surface area contributed by atoms with Gasteiger partial charge in [0.1, 0.15) is 5.69 Å². The third-order valence-electron chi connectivity index (χ3n) is 6.55. The first kappa shape index (κ1) is 17.6. The number of para-hydroxylation sites is 2. The minimum absolute atomic E-state index is 0.0397. The van der Waals surface area contributed by atoms with Gasteiger partial charge in [0.05, 0.1) is 11.0 Å². The van der Waals surface area contributed by atoms with Crippen LogP contribution in [0.15, 0.2) is 59.4 Å². The number of fused-ring (bicyclic) bond motifs is 2. The van der Waals surface area contributed by atoms with E-state index in [4.69, 9.17) is 4.98 Å². The molecule has 4 heteroatoms. The van der Waals surface area contributed by atoms with Crippen molar-refractivity contribution in [3.8, 4) is 11.3 Å². The van der Waals surface area contributed by atoms with Crippen molar-refractivity contribution in [3.05, 3.63) is 65.0 Å². The number of aromatic nitrogens is 2. The Morgan fingerprint density at radius 3 is 2.57 bits per heavy atom. The van der Waals surface area contributed by atoms with Crippen LogP contribution >= 0.6 is 0 Å². The van der Waals surface area contributed by atoms with Crippen molar-refractivity contribution in [1.29, 1.82) is 0 Å². The molecule has 2 fully saturated rings. The highest BCUT2D eigenvalue weighted by Crippen LogP contribution is 2.32. The Morgan fingerprint density at radius 2 is 1.68 bits per heavy atom. The molecular formula is C24H27N3O. The van der Waals surface area contributed by atoms with Gasteiger partial charge in [-0.05, 0) is 56.8 Å². The summed E-state index contributed by atoms with van der Waals surface area (Å²) >= 11 is 0. The minimum atomic E-state index is 0.0397. The van der Waals surface area contributed by atoms with Gasteiger partial charge in [-0.3, -0.25) is 4.79 Å². The molecule has 2 atom stereocenters. The Morgan fingerprint density at radius 1 is 0.893 bits per heavy atom. The fraction of sp³-hybridized carbons (Fsp3) is 0.417. The summed E-state index contributed by atoms with van der Waals surface area (Å²) < 4.78 is 2.01. The quantitative estimate of drug-likeness (QED) is 0.686. The van der Waals surface area contributed by atoms with Crippen LogP contribution in [0.5, 0.6) is 0 Å². The molecule has 0 unspecified atom stereocenters. The molecule has 0 bridgehead atoms. The zero-order valence-corrected chi connectivity index (χ0v) is 16.3. The Kier molecular flexibility index (Phi) is 4.73. The topological polar surface area (TPSA) is 38.1 Å². The monoisotopic (exact) mass is 373 g/mol. The van der Waals surface area contributed by atoms with Gasteiger partial charge in [0.15, 0.2) is 0 Å². The fourth-order valence-corrected chi connectivity index (χ4v) is 5.18. The Bertz CT molecular complexity index is 1020. The molecule has 1 aromatic heterocycles. The lowest BCUT2D eigenvalue weighted by molar-refractivity contribution is 0.0520. The number of rotatable bonds is 3. The van der Waals surface area contributed by atoms with Crippen LogP contribution in [0.2, 0.25) is 0 Å². The summed E-state index contributed by atoms with van der Waals surface area (Å²) in [4.78, 5) is 20.9. The first-order chi connectivity index (χ1) is 13.8. The second-order valence-electron chi connectivity index (χ2n) is 8.23. The van der Waals surface area contributed by atoms with E-state index in [-0.39, 0.29) is 5.56 Å². The van der Waals surface area contributed by atoms with E-state index in [1.54, 1.807) is 0 Å². The van der Waals surface area contributed by atoms with Crippen molar-refractivity contribution in [2.24, 2.45) is 5.92 Å². The minimum Gasteiger partial charge on any atom is -0.305 e. The number of benzene rings is 2. The predicted molar refractivity (Wildman–Crippen MR) is 113 cm³/mol. The number of hydrogen-bond acceptors (Lipinski definition) is 3. The summed E-state index contributed by atoms with van der Waals surface area (Å²) in [5, 5.41) is 0. The summed E-state index contributed by atoms with van der Waals surface area (Å²) in [5.41, 5.74) is 3.36. The highest BCUT2D eigenvalue weighted by atomic mass is 16.1. The maximum absolute atomic E-state index is 13.5. The lowest BCUT2D eigenvalue weighted by Crippen LogP contribution is -2.49. The summed E-state index contributed by atoms with van der Waals surface area (Å²) in [6, 6.07) is 18.6. The molecule has 0 saturated carbocycles. The highest BCUT2D eigenvalue weighted by molar-refractivity contribution is 5.77. The standard InChI is InChI=1S/C24H27N3O/c28-24-23(18-9-2-1-3-10-18)25-20-12-4-5-14-22(20)27(24)17-19-11-8-16-26-15-7-6-13-21(19)26/h1-5,9-10,12,14,19,21H,6-8,11,13,15-17H2/t19-,21-/m1/s1. The number of hydrogen-bond donors (Lipinski definition) is 0. The lowest BCUT2D eigenvalue weighted by atomic mass is 9.83. The molecule has 3 aromatic rings. The second kappa shape index (κ2) is 7.51. The molecule has 0 aliphatic carbocycles. The van der Waals surface area contributed by atoms with Gasteiger partial charge in [0, 0.05) is 18.2 Å². The second-order valence-corrected chi connectivity index (χ2v) is 8.23. The summed E-state index contributed by atoms with van der Waals surface area (Å²) in [5.74, 6) is 0.543. The predicted octanol–water partition coefficient (Wildman–Crippen LogP) is 4.33. The summed E-state index contributed by atoms with van der Waals surface area (Å²) in [7, 11) is 0. The Balaban J connectivity index is 1.60. The maximum Gasteiger partial charge on any atom is 0.277 e. The van der Waals surface area contributed by atoms with Crippen LogP contribution < -0.4 is 5.56 Å². The SMILES string of the molecule is O=c1c(-c2ccccc2)nc2ccccc2n1C[C@H]1CCCN2CCCC[C@H]12. The molecule has 0 N–H and O–H groups in total. The van der Waals surface area contributed by atoms with E-state index >= 15 is 0 Å². The van der Waals surface area contributed by atoms with Crippen LogP contribution in [0.4, 0.5) is 0 Å². The Labute approximate surface area is 165 Å². The van der Waals surface area contributed by atoms with E-state index in [0.717, 1.165) is 23.1 Å². The smallest absolute Gasteiger partial charge is 0.277 e. The number of piperidine rings is 2. The first-order valence-corrected chi connectivity index (χ1v) is 10.6. The zero-order valence-electron chi connectivity index (χ0n) is 16.3. The van der Waals surface area contributed by atoms with Crippen LogP contribution in [-0.4, -0.2) is 33.6 Å². The van der Waals surface area contributed by atoms with Crippen LogP contribution in [-0.2, 0) is 6.54 Å². The normalized spacial score (nSPS) is 22.9. The molecule has 2 aliphatic rings. The largest absolute Gasteiger partial charge is 0.305 e. The molecular weight excluding hydrogens is 346 g/mol. The molecule has 3 heterocycles. The third-order valence-corrected chi connectivity index (χ3v) is 6.55. The van der Waals surface area contributed by atoms with Gasteiger partial charge in [0.2, 0.25) is 0 Å². The first-order valence-electron chi connectivity index (χ1n) is 10.6. The fourth-order valence-electron chi connectivity index (χ4n) is 5.18. The molecule has 2 aromatic carbocycles. The van der Waals surface area contributed by atoms with Gasteiger partial charge in [-0.15, -0.1) is 0 Å². The molecule has 0 amide bonds. The Hall–Kier alpha value is -2.46. The van der Waals surface area contributed by atoms with E-state index in [9.17, 15) is 4.79 Å². The molecule has 0 radical (unpaired) electrons. The van der Waals surface area contributed by atoms with E-state index in [2.05, 4.69) is 4.90 Å². The lowest BCUT2D eigenvalue weighted by Gasteiger charge is -2.44. The van der Waals surface area contributed by atoms with Crippen LogP contribution in [0.1, 0.15) is 32.1 Å². The van der Waals surface area contributed by atoms with Crippen molar-refractivity contribution < 1.29 is 0 Å². The molecule has 0 spiro atoms. The van der Waals surface area contributed by atoms with Crippen LogP contribution in [0.25, 0.3) is 22.3 Å². The van der Waals surface area contributed by atoms with E-state index in [1.807, 2.05) is 59.2 Å². The van der Waals surface area contributed by atoms with Crippen LogP contribution in [0.3, 0.4) is 0 Å². The molecule has 4 nitrogen and oxygen atoms in total. The average molecular weight is 374 g/mol. The van der Waals surface area contributed by atoms with Crippen molar-refractivity contribution in [3.63, 3.8) is 0 Å². The van der Waals surface area contributed by atoms with Crippen molar-refractivity contribution in [2.75, 3.05) is 13.1 Å². The van der Waals surface area contributed by atoms with Crippen molar-refractivity contribution in [2.45, 2.75) is 44.7 Å². The summed E-state index contributed by atoms with van der Waals surface area (Å²) in [6.45, 7) is 3.24. The maximum atomic E-state index is 13.5. The molecule has 2 aliphatic heterocycles. The molecule has 5 rings (SSSR count). The van der Waals surface area contributed by atoms with E-state index in [0.29, 0.717) is 17.7 Å². The van der Waals surface area contributed by atoms with Crippen molar-refractivity contribution in [1.82, 2.24) is 14.5 Å². The third kappa shape index (κ3) is 3.16. The zero-order chi connectivity index (χ0) is 18.9. The van der Waals surface area contributed by atoms with Gasteiger partial charge in [-0.25, -0.2) is 4.98 Å². The van der Waals surface area contributed by atoms with Gasteiger partial charge in [-0.1, -0.05) is 48.9 Å². The van der Waals surface area contributed by atoms with Gasteiger partial charge in [0.25, 0.3) is 5.56 Å².